The molecular weight excluding hydrogens is 244 g/mol. The molecular formula is C13H24N4S. The molecule has 0 amide bonds. The van der Waals surface area contributed by atoms with Crippen molar-refractivity contribution in [3.8, 4) is 0 Å². The van der Waals surface area contributed by atoms with Crippen molar-refractivity contribution in [3.63, 3.8) is 0 Å². The maximum Gasteiger partial charge on any atom is 0.205 e. The third-order valence-corrected chi connectivity index (χ3v) is 4.45. The number of hydrogen-bond donors (Lipinski definition) is 1. The highest BCUT2D eigenvalue weighted by atomic mass is 32.1. The first-order chi connectivity index (χ1) is 8.59. The van der Waals surface area contributed by atoms with Gasteiger partial charge in [0.25, 0.3) is 0 Å². The lowest BCUT2D eigenvalue weighted by Gasteiger charge is -2.22. The molecule has 0 unspecified atom stereocenters. The van der Waals surface area contributed by atoms with Crippen LogP contribution in [0.15, 0.2) is 0 Å². The summed E-state index contributed by atoms with van der Waals surface area (Å²) in [4.78, 5) is 2.52. The summed E-state index contributed by atoms with van der Waals surface area (Å²) in [6.45, 7) is 11.1. The molecule has 1 aromatic heterocycles. The zero-order valence-corrected chi connectivity index (χ0v) is 12.5. The second kappa shape index (κ2) is 5.97. The molecule has 5 heteroatoms. The van der Waals surface area contributed by atoms with Crippen LogP contribution in [-0.4, -0.2) is 34.7 Å². The fourth-order valence-electron chi connectivity index (χ4n) is 2.37. The van der Waals surface area contributed by atoms with E-state index in [1.54, 1.807) is 11.3 Å². The van der Waals surface area contributed by atoms with Crippen molar-refractivity contribution in [2.45, 2.75) is 46.6 Å². The Morgan fingerprint density at radius 1 is 1.28 bits per heavy atom. The highest BCUT2D eigenvalue weighted by Crippen LogP contribution is 2.30. The van der Waals surface area contributed by atoms with Gasteiger partial charge in [0.05, 0.1) is 6.54 Å². The zero-order chi connectivity index (χ0) is 13.0. The first-order valence-corrected chi connectivity index (χ1v) is 7.69. The highest BCUT2D eigenvalue weighted by Gasteiger charge is 2.23. The van der Waals surface area contributed by atoms with E-state index in [0.29, 0.717) is 5.41 Å². The van der Waals surface area contributed by atoms with E-state index in [9.17, 15) is 0 Å². The van der Waals surface area contributed by atoms with Crippen LogP contribution in [0, 0.1) is 5.41 Å². The molecule has 1 fully saturated rings. The first-order valence-electron chi connectivity index (χ1n) is 6.88. The van der Waals surface area contributed by atoms with E-state index in [0.717, 1.165) is 23.2 Å². The van der Waals surface area contributed by atoms with E-state index in [1.807, 2.05) is 0 Å². The summed E-state index contributed by atoms with van der Waals surface area (Å²) in [5, 5.41) is 13.7. The maximum absolute atomic E-state index is 4.26. The van der Waals surface area contributed by atoms with Gasteiger partial charge in [0, 0.05) is 6.54 Å². The maximum atomic E-state index is 4.26. The molecule has 4 nitrogen and oxygen atoms in total. The van der Waals surface area contributed by atoms with Gasteiger partial charge in [0.15, 0.2) is 0 Å². The Morgan fingerprint density at radius 3 is 2.89 bits per heavy atom. The van der Waals surface area contributed by atoms with Gasteiger partial charge in [-0.25, -0.2) is 0 Å². The van der Waals surface area contributed by atoms with Gasteiger partial charge < -0.3 is 5.32 Å². The average Bonchev–Trinajstić information content (AvgIpc) is 2.66. The molecule has 2 heterocycles. The lowest BCUT2D eigenvalue weighted by Crippen LogP contribution is -2.25. The molecule has 0 aliphatic carbocycles. The van der Waals surface area contributed by atoms with Gasteiger partial charge in [0.1, 0.15) is 5.01 Å². The highest BCUT2D eigenvalue weighted by molar-refractivity contribution is 7.15. The monoisotopic (exact) mass is 268 g/mol. The predicted octanol–water partition coefficient (Wildman–Crippen LogP) is 2.98. The van der Waals surface area contributed by atoms with Crippen molar-refractivity contribution >= 4 is 16.5 Å². The lowest BCUT2D eigenvalue weighted by molar-refractivity contribution is 0.255. The fourth-order valence-corrected chi connectivity index (χ4v) is 3.22. The van der Waals surface area contributed by atoms with Crippen LogP contribution in [0.2, 0.25) is 0 Å². The molecule has 0 aromatic carbocycles. The largest absolute Gasteiger partial charge is 0.360 e. The van der Waals surface area contributed by atoms with Crippen molar-refractivity contribution in [2.24, 2.45) is 5.41 Å². The molecule has 0 saturated carbocycles. The summed E-state index contributed by atoms with van der Waals surface area (Å²) in [6.07, 6.45) is 3.92. The summed E-state index contributed by atoms with van der Waals surface area (Å²) in [7, 11) is 0. The number of nitrogens with zero attached hydrogens (tertiary/aromatic N) is 3. The molecule has 102 valence electrons. The number of hydrogen-bond acceptors (Lipinski definition) is 5. The topological polar surface area (TPSA) is 41.1 Å². The number of nitrogens with one attached hydrogen (secondary N) is 1. The van der Waals surface area contributed by atoms with E-state index in [4.69, 9.17) is 0 Å². The smallest absolute Gasteiger partial charge is 0.205 e. The summed E-state index contributed by atoms with van der Waals surface area (Å²) < 4.78 is 0. The van der Waals surface area contributed by atoms with Crippen molar-refractivity contribution in [2.75, 3.05) is 25.0 Å². The van der Waals surface area contributed by atoms with Crippen LogP contribution in [0.4, 0.5) is 5.13 Å². The minimum atomic E-state index is 0.505. The van der Waals surface area contributed by atoms with Crippen molar-refractivity contribution in [1.29, 1.82) is 0 Å². The summed E-state index contributed by atoms with van der Waals surface area (Å²) >= 11 is 1.68. The van der Waals surface area contributed by atoms with Gasteiger partial charge >= 0.3 is 0 Å². The van der Waals surface area contributed by atoms with E-state index in [2.05, 4.69) is 41.2 Å². The van der Waals surface area contributed by atoms with Crippen LogP contribution in [-0.2, 0) is 6.54 Å². The van der Waals surface area contributed by atoms with Crippen molar-refractivity contribution in [3.05, 3.63) is 5.01 Å². The minimum absolute atomic E-state index is 0.505. The Labute approximate surface area is 114 Å². The van der Waals surface area contributed by atoms with Gasteiger partial charge in [-0.15, -0.1) is 10.2 Å². The Hall–Kier alpha value is -0.680. The SMILES string of the molecule is CCNc1nnc(CN2CCCC(C)(C)CC2)s1. The Kier molecular flexibility index (Phi) is 4.56. The molecule has 1 aliphatic rings. The Morgan fingerprint density at radius 2 is 2.11 bits per heavy atom. The number of aromatic nitrogens is 2. The Bertz CT molecular complexity index is 375. The van der Waals surface area contributed by atoms with Crippen LogP contribution in [0.3, 0.4) is 0 Å². The first kappa shape index (κ1) is 13.7. The Balaban J connectivity index is 1.88. The summed E-state index contributed by atoms with van der Waals surface area (Å²) in [6, 6.07) is 0. The van der Waals surface area contributed by atoms with Crippen LogP contribution in [0.5, 0.6) is 0 Å². The van der Waals surface area contributed by atoms with E-state index < -0.39 is 0 Å². The van der Waals surface area contributed by atoms with E-state index in [1.165, 1.54) is 32.4 Å². The van der Waals surface area contributed by atoms with E-state index in [-0.39, 0.29) is 0 Å². The predicted molar refractivity (Wildman–Crippen MR) is 77.0 cm³/mol. The fraction of sp³-hybridized carbons (Fsp3) is 0.846. The number of rotatable bonds is 4. The van der Waals surface area contributed by atoms with Gasteiger partial charge in [-0.1, -0.05) is 25.2 Å². The third kappa shape index (κ3) is 3.92. The van der Waals surface area contributed by atoms with Crippen LogP contribution >= 0.6 is 11.3 Å². The second-order valence-corrected chi connectivity index (χ2v) is 6.89. The average molecular weight is 268 g/mol. The molecule has 0 atom stereocenters. The summed E-state index contributed by atoms with van der Waals surface area (Å²) in [5.41, 5.74) is 0.505. The van der Waals surface area contributed by atoms with Gasteiger partial charge in [-0.2, -0.15) is 0 Å². The summed E-state index contributed by atoms with van der Waals surface area (Å²) in [5.74, 6) is 0. The molecule has 1 saturated heterocycles. The normalized spacial score (nSPS) is 20.6. The standard InChI is InChI=1S/C13H24N4S/c1-4-14-12-16-15-11(18-12)10-17-8-5-6-13(2,3)7-9-17/h4-10H2,1-3H3,(H,14,16). The van der Waals surface area contributed by atoms with Crippen LogP contribution in [0.1, 0.15) is 45.0 Å². The molecule has 18 heavy (non-hydrogen) atoms. The van der Waals surface area contributed by atoms with Crippen LogP contribution < -0.4 is 5.32 Å². The van der Waals surface area contributed by atoms with Gasteiger partial charge in [-0.3, -0.25) is 4.90 Å². The second-order valence-electron chi connectivity index (χ2n) is 5.83. The molecule has 1 aliphatic heterocycles. The van der Waals surface area contributed by atoms with Gasteiger partial charge in [-0.05, 0) is 44.7 Å². The number of anilines is 1. The third-order valence-electron chi connectivity index (χ3n) is 3.59. The molecule has 0 radical (unpaired) electrons. The molecule has 1 N–H and O–H groups in total. The molecule has 0 bridgehead atoms. The van der Waals surface area contributed by atoms with Crippen molar-refractivity contribution < 1.29 is 0 Å². The van der Waals surface area contributed by atoms with Gasteiger partial charge in [0.2, 0.25) is 5.13 Å². The molecule has 1 aromatic rings. The molecule has 0 spiro atoms. The number of likely N-dealkylation sites (tertiary alicyclic amines) is 1. The van der Waals surface area contributed by atoms with Crippen molar-refractivity contribution in [1.82, 2.24) is 15.1 Å². The molecule has 2 rings (SSSR count). The van der Waals surface area contributed by atoms with E-state index >= 15 is 0 Å². The van der Waals surface area contributed by atoms with Crippen LogP contribution in [0.25, 0.3) is 0 Å². The lowest BCUT2D eigenvalue weighted by atomic mass is 9.85. The zero-order valence-electron chi connectivity index (χ0n) is 11.7. The minimum Gasteiger partial charge on any atom is -0.360 e. The quantitative estimate of drug-likeness (QED) is 0.911.